The minimum Gasteiger partial charge on any atom is -0.354 e. The molecule has 0 saturated carbocycles. The lowest BCUT2D eigenvalue weighted by Crippen LogP contribution is -2.56. The van der Waals surface area contributed by atoms with Gasteiger partial charge < -0.3 is 10.6 Å². The van der Waals surface area contributed by atoms with Crippen molar-refractivity contribution in [3.05, 3.63) is 35.4 Å². The summed E-state index contributed by atoms with van der Waals surface area (Å²) >= 11 is 0. The fraction of sp³-hybridized carbons (Fsp3) is 0.579. The molecule has 2 unspecified atom stereocenters. The van der Waals surface area contributed by atoms with Gasteiger partial charge in [0.15, 0.2) is 0 Å². The maximum atomic E-state index is 12.7. The molecule has 0 bridgehead atoms. The fourth-order valence-corrected chi connectivity index (χ4v) is 3.70. The highest BCUT2D eigenvalue weighted by Crippen LogP contribution is 2.21. The molecule has 3 rings (SSSR count). The monoisotopic (exact) mass is 329 g/mol. The van der Waals surface area contributed by atoms with Gasteiger partial charge in [0.2, 0.25) is 11.8 Å². The van der Waals surface area contributed by atoms with Gasteiger partial charge in [-0.25, -0.2) is 0 Å². The molecular formula is C19H27N3O2. The van der Waals surface area contributed by atoms with Gasteiger partial charge in [0, 0.05) is 13.1 Å². The van der Waals surface area contributed by atoms with Gasteiger partial charge in [-0.1, -0.05) is 36.2 Å². The maximum Gasteiger partial charge on any atom is 0.242 e. The normalized spacial score (nSPS) is 25.1. The first-order valence-corrected chi connectivity index (χ1v) is 9.01. The van der Waals surface area contributed by atoms with Crippen molar-refractivity contribution in [3.63, 3.8) is 0 Å². The third kappa shape index (κ3) is 4.15. The Bertz CT molecular complexity index is 602. The fourth-order valence-electron chi connectivity index (χ4n) is 3.70. The van der Waals surface area contributed by atoms with Crippen molar-refractivity contribution in [1.29, 1.82) is 0 Å². The van der Waals surface area contributed by atoms with Crippen LogP contribution in [0, 0.1) is 6.92 Å². The van der Waals surface area contributed by atoms with Gasteiger partial charge in [-0.05, 0) is 44.7 Å². The second kappa shape index (κ2) is 7.79. The van der Waals surface area contributed by atoms with Crippen LogP contribution in [-0.4, -0.2) is 41.9 Å². The van der Waals surface area contributed by atoms with Crippen molar-refractivity contribution in [2.45, 2.75) is 57.7 Å². The van der Waals surface area contributed by atoms with Crippen LogP contribution in [0.2, 0.25) is 0 Å². The smallest absolute Gasteiger partial charge is 0.242 e. The van der Waals surface area contributed by atoms with Gasteiger partial charge in [-0.15, -0.1) is 0 Å². The number of piperidine rings is 2. The summed E-state index contributed by atoms with van der Waals surface area (Å²) in [4.78, 5) is 26.9. The molecule has 1 aromatic carbocycles. The van der Waals surface area contributed by atoms with Crippen molar-refractivity contribution >= 4 is 11.8 Å². The van der Waals surface area contributed by atoms with Gasteiger partial charge >= 0.3 is 0 Å². The summed E-state index contributed by atoms with van der Waals surface area (Å²) in [6.45, 7) is 4.53. The third-order valence-corrected chi connectivity index (χ3v) is 4.99. The molecule has 2 atom stereocenters. The van der Waals surface area contributed by atoms with E-state index in [9.17, 15) is 9.59 Å². The Morgan fingerprint density at radius 2 is 2.17 bits per heavy atom. The average molecular weight is 329 g/mol. The number of rotatable bonds is 4. The molecule has 2 aliphatic heterocycles. The summed E-state index contributed by atoms with van der Waals surface area (Å²) in [6.07, 6.45) is 4.72. The van der Waals surface area contributed by atoms with E-state index in [1.807, 2.05) is 0 Å². The van der Waals surface area contributed by atoms with Crippen molar-refractivity contribution in [2.75, 3.05) is 13.1 Å². The predicted octanol–water partition coefficient (Wildman–Crippen LogP) is 1.74. The highest BCUT2D eigenvalue weighted by atomic mass is 16.2. The van der Waals surface area contributed by atoms with E-state index in [1.54, 1.807) is 0 Å². The minimum atomic E-state index is -0.367. The number of carbonyl (C=O) groups excluding carboxylic acids is 2. The molecule has 0 aromatic heterocycles. The van der Waals surface area contributed by atoms with E-state index in [1.165, 1.54) is 11.1 Å². The van der Waals surface area contributed by atoms with Gasteiger partial charge in [-0.2, -0.15) is 0 Å². The van der Waals surface area contributed by atoms with E-state index in [0.717, 1.165) is 45.2 Å². The average Bonchev–Trinajstić information content (AvgIpc) is 2.57. The second-order valence-electron chi connectivity index (χ2n) is 6.97. The van der Waals surface area contributed by atoms with Crippen molar-refractivity contribution in [2.24, 2.45) is 0 Å². The van der Waals surface area contributed by atoms with Gasteiger partial charge in [-0.3, -0.25) is 14.5 Å². The Hall–Kier alpha value is -1.88. The van der Waals surface area contributed by atoms with Crippen LogP contribution in [0.15, 0.2) is 24.3 Å². The molecule has 2 heterocycles. The number of carbonyl (C=O) groups is 2. The van der Waals surface area contributed by atoms with Crippen LogP contribution in [0.5, 0.6) is 0 Å². The summed E-state index contributed by atoms with van der Waals surface area (Å²) in [7, 11) is 0. The summed E-state index contributed by atoms with van der Waals surface area (Å²) in [5.41, 5.74) is 2.48. The van der Waals surface area contributed by atoms with Crippen LogP contribution in [0.1, 0.15) is 43.2 Å². The van der Waals surface area contributed by atoms with Crippen molar-refractivity contribution < 1.29 is 9.59 Å². The lowest BCUT2D eigenvalue weighted by Gasteiger charge is -2.36. The Labute approximate surface area is 143 Å². The van der Waals surface area contributed by atoms with E-state index < -0.39 is 0 Å². The highest BCUT2D eigenvalue weighted by molar-refractivity contribution is 5.90. The first kappa shape index (κ1) is 17.0. The quantitative estimate of drug-likeness (QED) is 0.885. The Morgan fingerprint density at radius 3 is 2.96 bits per heavy atom. The minimum absolute atomic E-state index is 0.00408. The van der Waals surface area contributed by atoms with Gasteiger partial charge in [0.1, 0.15) is 6.04 Å². The Balaban J connectivity index is 1.65. The number of nitrogens with zero attached hydrogens (tertiary/aromatic N) is 1. The number of amides is 2. The number of nitrogens with one attached hydrogen (secondary N) is 2. The van der Waals surface area contributed by atoms with Crippen molar-refractivity contribution in [1.82, 2.24) is 15.5 Å². The SMILES string of the molecule is Cc1cccc(CN2CCCCC2C(=O)NC2CCCNC2=O)c1. The molecule has 0 radical (unpaired) electrons. The van der Waals surface area contributed by atoms with Crippen LogP contribution >= 0.6 is 0 Å². The Morgan fingerprint density at radius 1 is 1.29 bits per heavy atom. The van der Waals surface area contributed by atoms with Crippen LogP contribution in [-0.2, 0) is 16.1 Å². The summed E-state index contributed by atoms with van der Waals surface area (Å²) in [6, 6.07) is 7.95. The zero-order valence-corrected chi connectivity index (χ0v) is 14.4. The molecule has 130 valence electrons. The van der Waals surface area contributed by atoms with E-state index in [-0.39, 0.29) is 23.9 Å². The zero-order valence-electron chi connectivity index (χ0n) is 14.4. The van der Waals surface area contributed by atoms with Gasteiger partial charge in [0.25, 0.3) is 0 Å². The third-order valence-electron chi connectivity index (χ3n) is 4.99. The lowest BCUT2D eigenvalue weighted by molar-refractivity contribution is -0.133. The first-order valence-electron chi connectivity index (χ1n) is 9.01. The topological polar surface area (TPSA) is 61.4 Å². The molecule has 1 aromatic rings. The molecule has 0 aliphatic carbocycles. The molecule has 0 spiro atoms. The van der Waals surface area contributed by atoms with Crippen LogP contribution < -0.4 is 10.6 Å². The van der Waals surface area contributed by atoms with E-state index in [4.69, 9.17) is 0 Å². The van der Waals surface area contributed by atoms with Crippen LogP contribution in [0.4, 0.5) is 0 Å². The number of aryl methyl sites for hydroxylation is 1. The molecular weight excluding hydrogens is 302 g/mol. The highest BCUT2D eigenvalue weighted by Gasteiger charge is 2.32. The van der Waals surface area contributed by atoms with Crippen LogP contribution in [0.3, 0.4) is 0 Å². The zero-order chi connectivity index (χ0) is 16.9. The number of hydrogen-bond donors (Lipinski definition) is 2. The molecule has 2 aliphatic rings. The van der Waals surface area contributed by atoms with Crippen LogP contribution in [0.25, 0.3) is 0 Å². The molecule has 2 amide bonds. The molecule has 2 N–H and O–H groups in total. The van der Waals surface area contributed by atoms with Crippen molar-refractivity contribution in [3.8, 4) is 0 Å². The predicted molar refractivity (Wildman–Crippen MR) is 93.4 cm³/mol. The number of likely N-dealkylation sites (tertiary alicyclic amines) is 1. The number of hydrogen-bond acceptors (Lipinski definition) is 3. The summed E-state index contributed by atoms with van der Waals surface area (Å²) in [5, 5.41) is 5.80. The Kier molecular flexibility index (Phi) is 5.51. The molecule has 24 heavy (non-hydrogen) atoms. The van der Waals surface area contributed by atoms with E-state index in [0.29, 0.717) is 6.54 Å². The standard InChI is InChI=1S/C19H27N3O2/c1-14-6-4-7-15(12-14)13-22-11-3-2-9-17(22)19(24)21-16-8-5-10-20-18(16)23/h4,6-7,12,16-17H,2-3,5,8-11,13H2,1H3,(H,20,23)(H,21,24). The second-order valence-corrected chi connectivity index (χ2v) is 6.97. The van der Waals surface area contributed by atoms with E-state index in [2.05, 4.69) is 46.7 Å². The molecule has 2 saturated heterocycles. The lowest BCUT2D eigenvalue weighted by atomic mass is 9.99. The largest absolute Gasteiger partial charge is 0.354 e. The first-order chi connectivity index (χ1) is 11.6. The molecule has 5 heteroatoms. The number of benzene rings is 1. The van der Waals surface area contributed by atoms with E-state index >= 15 is 0 Å². The molecule has 2 fully saturated rings. The summed E-state index contributed by atoms with van der Waals surface area (Å²) < 4.78 is 0. The maximum absolute atomic E-state index is 12.7. The molecule has 5 nitrogen and oxygen atoms in total. The summed E-state index contributed by atoms with van der Waals surface area (Å²) in [5.74, 6) is -0.0416. The van der Waals surface area contributed by atoms with Gasteiger partial charge in [0.05, 0.1) is 6.04 Å².